The Labute approximate surface area is 147 Å². The van der Waals surface area contributed by atoms with Gasteiger partial charge in [0.1, 0.15) is 5.58 Å². The third kappa shape index (κ3) is 2.82. The van der Waals surface area contributed by atoms with Crippen LogP contribution in [0.25, 0.3) is 11.0 Å². The molecule has 1 aromatic carbocycles. The van der Waals surface area contributed by atoms with Gasteiger partial charge in [0, 0.05) is 29.9 Å². The molecule has 3 heterocycles. The van der Waals surface area contributed by atoms with Crippen LogP contribution in [0.5, 0.6) is 0 Å². The number of benzene rings is 1. The lowest BCUT2D eigenvalue weighted by molar-refractivity contribution is 0.0580. The third-order valence-corrected chi connectivity index (χ3v) is 5.12. The van der Waals surface area contributed by atoms with Crippen molar-refractivity contribution in [2.75, 3.05) is 6.54 Å². The summed E-state index contributed by atoms with van der Waals surface area (Å²) in [6.07, 6.45) is 6.76. The second-order valence-corrected chi connectivity index (χ2v) is 6.85. The topological polar surface area (TPSA) is 46.3 Å². The van der Waals surface area contributed by atoms with Crippen LogP contribution in [0.15, 0.2) is 47.1 Å². The van der Waals surface area contributed by atoms with Crippen LogP contribution in [0.4, 0.5) is 0 Å². The van der Waals surface area contributed by atoms with Crippen LogP contribution < -0.4 is 0 Å². The molecular weight excluding hydrogens is 312 g/mol. The number of aromatic nitrogens is 1. The molecule has 3 aromatic rings. The normalized spacial score (nSPS) is 17.8. The molecule has 1 fully saturated rings. The Morgan fingerprint density at radius 1 is 1.24 bits per heavy atom. The SMILES string of the molecule is Cc1ccc2c(C)c(C(=O)N3CCCC[C@H]3c3cccnc3)oc2c1. The maximum atomic E-state index is 13.3. The molecule has 0 N–H and O–H groups in total. The van der Waals surface area contributed by atoms with Crippen LogP contribution in [-0.4, -0.2) is 22.3 Å². The van der Waals surface area contributed by atoms with Crippen molar-refractivity contribution in [2.24, 2.45) is 0 Å². The monoisotopic (exact) mass is 334 g/mol. The number of fused-ring (bicyclic) bond motifs is 1. The van der Waals surface area contributed by atoms with E-state index in [1.165, 1.54) is 0 Å². The standard InChI is InChI=1S/C21H22N2O2/c1-14-8-9-17-15(2)20(25-19(17)12-14)21(24)23-11-4-3-7-18(23)16-6-5-10-22-13-16/h5-6,8-10,12-13,18H,3-4,7,11H2,1-2H3/t18-/m0/s1. The quantitative estimate of drug-likeness (QED) is 0.675. The molecule has 0 bridgehead atoms. The summed E-state index contributed by atoms with van der Waals surface area (Å²) in [4.78, 5) is 19.5. The zero-order chi connectivity index (χ0) is 17.4. The van der Waals surface area contributed by atoms with Crippen LogP contribution >= 0.6 is 0 Å². The van der Waals surface area contributed by atoms with E-state index < -0.39 is 0 Å². The van der Waals surface area contributed by atoms with Crippen molar-refractivity contribution >= 4 is 16.9 Å². The Kier molecular flexibility index (Phi) is 4.04. The van der Waals surface area contributed by atoms with Crippen molar-refractivity contribution in [1.29, 1.82) is 0 Å². The molecule has 4 rings (SSSR count). The van der Waals surface area contributed by atoms with Crippen molar-refractivity contribution in [1.82, 2.24) is 9.88 Å². The van der Waals surface area contributed by atoms with Crippen LogP contribution in [0.3, 0.4) is 0 Å². The largest absolute Gasteiger partial charge is 0.451 e. The first-order valence-electron chi connectivity index (χ1n) is 8.86. The number of amides is 1. The summed E-state index contributed by atoms with van der Waals surface area (Å²) in [6, 6.07) is 10.1. The molecule has 1 aliphatic heterocycles. The maximum absolute atomic E-state index is 13.3. The molecule has 0 saturated carbocycles. The van der Waals surface area contributed by atoms with Gasteiger partial charge >= 0.3 is 0 Å². The number of nitrogens with zero attached hydrogens (tertiary/aromatic N) is 2. The van der Waals surface area contributed by atoms with E-state index in [4.69, 9.17) is 4.42 Å². The number of likely N-dealkylation sites (tertiary alicyclic amines) is 1. The van der Waals surface area contributed by atoms with Gasteiger partial charge in [-0.1, -0.05) is 18.2 Å². The van der Waals surface area contributed by atoms with E-state index in [0.29, 0.717) is 5.76 Å². The molecule has 4 nitrogen and oxygen atoms in total. The van der Waals surface area contributed by atoms with Gasteiger partial charge < -0.3 is 9.32 Å². The average molecular weight is 334 g/mol. The number of aryl methyl sites for hydroxylation is 2. The second kappa shape index (κ2) is 6.36. The number of piperidine rings is 1. The first-order valence-corrected chi connectivity index (χ1v) is 8.86. The summed E-state index contributed by atoms with van der Waals surface area (Å²) >= 11 is 0. The number of furan rings is 1. The molecule has 0 radical (unpaired) electrons. The molecule has 4 heteroatoms. The zero-order valence-corrected chi connectivity index (χ0v) is 14.7. The lowest BCUT2D eigenvalue weighted by Gasteiger charge is -2.35. The van der Waals surface area contributed by atoms with Crippen LogP contribution in [0.2, 0.25) is 0 Å². The van der Waals surface area contributed by atoms with E-state index in [0.717, 1.165) is 53.5 Å². The third-order valence-electron chi connectivity index (χ3n) is 5.12. The van der Waals surface area contributed by atoms with Gasteiger partial charge in [-0.3, -0.25) is 9.78 Å². The van der Waals surface area contributed by atoms with Crippen molar-refractivity contribution in [3.63, 3.8) is 0 Å². The highest BCUT2D eigenvalue weighted by Gasteiger charge is 2.31. The minimum atomic E-state index is -0.0140. The Balaban J connectivity index is 1.72. The fraction of sp³-hybridized carbons (Fsp3) is 0.333. The van der Waals surface area contributed by atoms with E-state index >= 15 is 0 Å². The summed E-state index contributed by atoms with van der Waals surface area (Å²) in [7, 11) is 0. The fourth-order valence-electron chi connectivity index (χ4n) is 3.76. The molecule has 0 aliphatic carbocycles. The number of pyridine rings is 1. The summed E-state index contributed by atoms with van der Waals surface area (Å²) in [5.41, 5.74) is 3.94. The minimum absolute atomic E-state index is 0.0140. The van der Waals surface area contributed by atoms with Gasteiger partial charge in [-0.15, -0.1) is 0 Å². The summed E-state index contributed by atoms with van der Waals surface area (Å²) in [5, 5.41) is 1.02. The van der Waals surface area contributed by atoms with Crippen molar-refractivity contribution in [3.8, 4) is 0 Å². The predicted molar refractivity (Wildman–Crippen MR) is 97.6 cm³/mol. The van der Waals surface area contributed by atoms with Gasteiger partial charge in [-0.2, -0.15) is 0 Å². The number of hydrogen-bond donors (Lipinski definition) is 0. The van der Waals surface area contributed by atoms with E-state index in [9.17, 15) is 4.79 Å². The van der Waals surface area contributed by atoms with Crippen LogP contribution in [0, 0.1) is 13.8 Å². The van der Waals surface area contributed by atoms with E-state index in [1.54, 1.807) is 6.20 Å². The Morgan fingerprint density at radius 3 is 2.92 bits per heavy atom. The van der Waals surface area contributed by atoms with Crippen molar-refractivity contribution in [2.45, 2.75) is 39.2 Å². The van der Waals surface area contributed by atoms with Crippen molar-refractivity contribution in [3.05, 3.63) is 65.2 Å². The molecule has 1 saturated heterocycles. The molecule has 0 spiro atoms. The highest BCUT2D eigenvalue weighted by molar-refractivity contribution is 5.99. The number of carbonyl (C=O) groups excluding carboxylic acids is 1. The van der Waals surface area contributed by atoms with E-state index in [2.05, 4.69) is 17.1 Å². The van der Waals surface area contributed by atoms with Crippen molar-refractivity contribution < 1.29 is 9.21 Å². The van der Waals surface area contributed by atoms with E-state index in [1.807, 2.05) is 43.1 Å². The number of hydrogen-bond acceptors (Lipinski definition) is 3. The molecular formula is C21H22N2O2. The lowest BCUT2D eigenvalue weighted by Crippen LogP contribution is -2.38. The first kappa shape index (κ1) is 15.9. The molecule has 1 amide bonds. The fourth-order valence-corrected chi connectivity index (χ4v) is 3.76. The van der Waals surface area contributed by atoms with Gasteiger partial charge in [0.2, 0.25) is 0 Å². The number of carbonyl (C=O) groups is 1. The first-order chi connectivity index (χ1) is 12.1. The van der Waals surface area contributed by atoms with Gasteiger partial charge in [0.25, 0.3) is 5.91 Å². The van der Waals surface area contributed by atoms with Gasteiger partial charge in [0.05, 0.1) is 6.04 Å². The van der Waals surface area contributed by atoms with E-state index in [-0.39, 0.29) is 11.9 Å². The highest BCUT2D eigenvalue weighted by atomic mass is 16.3. The smallest absolute Gasteiger partial charge is 0.290 e. The average Bonchev–Trinajstić information content (AvgIpc) is 2.97. The second-order valence-electron chi connectivity index (χ2n) is 6.85. The minimum Gasteiger partial charge on any atom is -0.451 e. The molecule has 0 unspecified atom stereocenters. The van der Waals surface area contributed by atoms with Crippen LogP contribution in [-0.2, 0) is 0 Å². The van der Waals surface area contributed by atoms with Gasteiger partial charge in [-0.25, -0.2) is 0 Å². The molecule has 128 valence electrons. The highest BCUT2D eigenvalue weighted by Crippen LogP contribution is 2.34. The summed E-state index contributed by atoms with van der Waals surface area (Å²) in [5.74, 6) is 0.455. The molecule has 1 atom stereocenters. The lowest BCUT2D eigenvalue weighted by atomic mass is 9.96. The van der Waals surface area contributed by atoms with Gasteiger partial charge in [-0.05, 0) is 56.4 Å². The Hall–Kier alpha value is -2.62. The summed E-state index contributed by atoms with van der Waals surface area (Å²) < 4.78 is 5.97. The molecule has 25 heavy (non-hydrogen) atoms. The maximum Gasteiger partial charge on any atom is 0.290 e. The van der Waals surface area contributed by atoms with Gasteiger partial charge in [0.15, 0.2) is 5.76 Å². The molecule has 2 aromatic heterocycles. The Bertz CT molecular complexity index is 914. The predicted octanol–water partition coefficient (Wildman–Crippen LogP) is 4.81. The number of rotatable bonds is 2. The van der Waals surface area contributed by atoms with Crippen LogP contribution in [0.1, 0.15) is 52.5 Å². The molecule has 1 aliphatic rings. The zero-order valence-electron chi connectivity index (χ0n) is 14.7. The summed E-state index contributed by atoms with van der Waals surface area (Å²) in [6.45, 7) is 4.76. The Morgan fingerprint density at radius 2 is 2.12 bits per heavy atom.